The van der Waals surface area contributed by atoms with Crippen molar-refractivity contribution >= 4 is 12.0 Å². The molecule has 0 atom stereocenters. The average Bonchev–Trinajstić information content (AvgIpc) is 2.88. The molecule has 0 bridgehead atoms. The van der Waals surface area contributed by atoms with Crippen LogP contribution in [0, 0.1) is 0 Å². The van der Waals surface area contributed by atoms with E-state index >= 15 is 0 Å². The van der Waals surface area contributed by atoms with Gasteiger partial charge in [0, 0.05) is 38.8 Å². The van der Waals surface area contributed by atoms with E-state index in [0.717, 1.165) is 44.7 Å². The van der Waals surface area contributed by atoms with Gasteiger partial charge in [0.15, 0.2) is 0 Å². The molecule has 1 saturated heterocycles. The van der Waals surface area contributed by atoms with Gasteiger partial charge in [-0.15, -0.1) is 0 Å². The number of hydrogen-bond acceptors (Lipinski definition) is 3. The standard InChI is InChI=1S/C29H33N3O/c33-28(18-17-25-11-4-1-5-12-25)30-19-10-20-31-21-23-32(24-22-31)29(26-13-6-2-7-14-26)27-15-8-3-9-16-27/h1-9,11-18,29H,10,19-24H2,(H,30,33). The molecule has 1 heterocycles. The predicted molar refractivity (Wildman–Crippen MR) is 136 cm³/mol. The normalized spacial score (nSPS) is 15.2. The van der Waals surface area contributed by atoms with E-state index in [1.54, 1.807) is 6.08 Å². The molecule has 0 unspecified atom stereocenters. The fourth-order valence-corrected chi connectivity index (χ4v) is 4.44. The molecular weight excluding hydrogens is 406 g/mol. The van der Waals surface area contributed by atoms with Crippen LogP contribution in [-0.2, 0) is 4.79 Å². The van der Waals surface area contributed by atoms with E-state index < -0.39 is 0 Å². The highest BCUT2D eigenvalue weighted by Crippen LogP contribution is 2.29. The monoisotopic (exact) mass is 439 g/mol. The van der Waals surface area contributed by atoms with Crippen molar-refractivity contribution < 1.29 is 4.79 Å². The zero-order chi connectivity index (χ0) is 22.7. The van der Waals surface area contributed by atoms with Crippen molar-refractivity contribution in [3.8, 4) is 0 Å². The lowest BCUT2D eigenvalue weighted by Gasteiger charge is -2.39. The van der Waals surface area contributed by atoms with Crippen molar-refractivity contribution in [3.05, 3.63) is 114 Å². The Bertz CT molecular complexity index is 957. The van der Waals surface area contributed by atoms with Gasteiger partial charge in [-0.25, -0.2) is 0 Å². The Hall–Kier alpha value is -3.21. The zero-order valence-electron chi connectivity index (χ0n) is 19.1. The summed E-state index contributed by atoms with van der Waals surface area (Å²) in [6, 6.07) is 31.8. The Labute approximate surface area is 197 Å². The molecule has 3 aromatic carbocycles. The number of rotatable bonds is 9. The first-order valence-corrected chi connectivity index (χ1v) is 11.9. The van der Waals surface area contributed by atoms with Crippen LogP contribution in [0.5, 0.6) is 0 Å². The van der Waals surface area contributed by atoms with E-state index in [-0.39, 0.29) is 5.91 Å². The average molecular weight is 440 g/mol. The minimum Gasteiger partial charge on any atom is -0.353 e. The summed E-state index contributed by atoms with van der Waals surface area (Å²) in [5.74, 6) is -0.0303. The van der Waals surface area contributed by atoms with E-state index in [0.29, 0.717) is 12.6 Å². The molecule has 33 heavy (non-hydrogen) atoms. The van der Waals surface area contributed by atoms with Crippen molar-refractivity contribution in [1.29, 1.82) is 0 Å². The van der Waals surface area contributed by atoms with Gasteiger partial charge in [-0.05, 0) is 35.7 Å². The summed E-state index contributed by atoms with van der Waals surface area (Å²) in [4.78, 5) is 17.1. The molecule has 1 aliphatic rings. The lowest BCUT2D eigenvalue weighted by atomic mass is 9.96. The molecule has 1 aliphatic heterocycles. The Morgan fingerprint density at radius 1 is 0.788 bits per heavy atom. The second kappa shape index (κ2) is 12.1. The van der Waals surface area contributed by atoms with Crippen molar-refractivity contribution in [2.24, 2.45) is 0 Å². The van der Waals surface area contributed by atoms with Crippen molar-refractivity contribution in [2.75, 3.05) is 39.3 Å². The van der Waals surface area contributed by atoms with E-state index in [1.807, 2.05) is 36.4 Å². The Morgan fingerprint density at radius 2 is 1.33 bits per heavy atom. The van der Waals surface area contributed by atoms with E-state index in [4.69, 9.17) is 0 Å². The van der Waals surface area contributed by atoms with Gasteiger partial charge < -0.3 is 10.2 Å². The number of carbonyl (C=O) groups excluding carboxylic acids is 1. The van der Waals surface area contributed by atoms with Crippen molar-refractivity contribution in [2.45, 2.75) is 12.5 Å². The van der Waals surface area contributed by atoms with Gasteiger partial charge >= 0.3 is 0 Å². The molecule has 1 fully saturated rings. The van der Waals surface area contributed by atoms with Gasteiger partial charge in [-0.1, -0.05) is 91.0 Å². The molecule has 4 rings (SSSR count). The van der Waals surface area contributed by atoms with Crippen LogP contribution in [0.25, 0.3) is 6.08 Å². The van der Waals surface area contributed by atoms with Crippen molar-refractivity contribution in [3.63, 3.8) is 0 Å². The van der Waals surface area contributed by atoms with Gasteiger partial charge in [0.05, 0.1) is 6.04 Å². The molecule has 0 aromatic heterocycles. The third-order valence-electron chi connectivity index (χ3n) is 6.18. The van der Waals surface area contributed by atoms with Gasteiger partial charge in [0.25, 0.3) is 0 Å². The molecule has 1 amide bonds. The highest BCUT2D eigenvalue weighted by Gasteiger charge is 2.26. The molecule has 4 nitrogen and oxygen atoms in total. The lowest BCUT2D eigenvalue weighted by Crippen LogP contribution is -2.48. The maximum atomic E-state index is 12.0. The van der Waals surface area contributed by atoms with Crippen LogP contribution in [-0.4, -0.2) is 55.0 Å². The van der Waals surface area contributed by atoms with Gasteiger partial charge in [0.1, 0.15) is 0 Å². The van der Waals surface area contributed by atoms with E-state index in [9.17, 15) is 4.79 Å². The van der Waals surface area contributed by atoms with Crippen LogP contribution in [0.1, 0.15) is 29.2 Å². The smallest absolute Gasteiger partial charge is 0.243 e. The fraction of sp³-hybridized carbons (Fsp3) is 0.276. The quantitative estimate of drug-likeness (QED) is 0.391. The van der Waals surface area contributed by atoms with Crippen LogP contribution in [0.2, 0.25) is 0 Å². The first-order chi connectivity index (χ1) is 16.3. The highest BCUT2D eigenvalue weighted by molar-refractivity contribution is 5.91. The summed E-state index contributed by atoms with van der Waals surface area (Å²) in [6.07, 6.45) is 4.43. The first kappa shape index (κ1) is 23.0. The summed E-state index contributed by atoms with van der Waals surface area (Å²) in [7, 11) is 0. The minimum absolute atomic E-state index is 0.0303. The molecule has 4 heteroatoms. The number of piperazine rings is 1. The molecule has 0 saturated carbocycles. The molecular formula is C29H33N3O. The zero-order valence-corrected chi connectivity index (χ0v) is 19.1. The second-order valence-electron chi connectivity index (χ2n) is 8.49. The van der Waals surface area contributed by atoms with Crippen LogP contribution in [0.15, 0.2) is 97.1 Å². The first-order valence-electron chi connectivity index (χ1n) is 11.9. The molecule has 0 aliphatic carbocycles. The number of amides is 1. The third kappa shape index (κ3) is 6.88. The van der Waals surface area contributed by atoms with Crippen LogP contribution >= 0.6 is 0 Å². The number of nitrogens with zero attached hydrogens (tertiary/aromatic N) is 2. The lowest BCUT2D eigenvalue weighted by molar-refractivity contribution is -0.116. The topological polar surface area (TPSA) is 35.6 Å². The molecule has 170 valence electrons. The predicted octanol–water partition coefficient (Wildman–Crippen LogP) is 4.61. The van der Waals surface area contributed by atoms with Crippen LogP contribution < -0.4 is 5.32 Å². The van der Waals surface area contributed by atoms with Gasteiger partial charge in [0.2, 0.25) is 5.91 Å². The number of nitrogens with one attached hydrogen (secondary N) is 1. The van der Waals surface area contributed by atoms with E-state index in [2.05, 4.69) is 75.8 Å². The molecule has 1 N–H and O–H groups in total. The summed E-state index contributed by atoms with van der Waals surface area (Å²) in [5, 5.41) is 3.00. The molecule has 0 radical (unpaired) electrons. The van der Waals surface area contributed by atoms with Crippen LogP contribution in [0.3, 0.4) is 0 Å². The van der Waals surface area contributed by atoms with Crippen molar-refractivity contribution in [1.82, 2.24) is 15.1 Å². The van der Waals surface area contributed by atoms with Gasteiger partial charge in [-0.3, -0.25) is 9.69 Å². The number of carbonyl (C=O) groups is 1. The molecule has 0 spiro atoms. The van der Waals surface area contributed by atoms with Crippen LogP contribution in [0.4, 0.5) is 0 Å². The van der Waals surface area contributed by atoms with E-state index in [1.165, 1.54) is 11.1 Å². The van der Waals surface area contributed by atoms with Gasteiger partial charge in [-0.2, -0.15) is 0 Å². The summed E-state index contributed by atoms with van der Waals surface area (Å²) in [5.41, 5.74) is 3.74. The number of benzene rings is 3. The maximum absolute atomic E-state index is 12.0. The largest absolute Gasteiger partial charge is 0.353 e. The maximum Gasteiger partial charge on any atom is 0.243 e. The Kier molecular flexibility index (Phi) is 8.45. The third-order valence-corrected chi connectivity index (χ3v) is 6.18. The SMILES string of the molecule is O=C(C=Cc1ccccc1)NCCCN1CCN(C(c2ccccc2)c2ccccc2)CC1. The highest BCUT2D eigenvalue weighted by atomic mass is 16.1. The Morgan fingerprint density at radius 3 is 1.91 bits per heavy atom. The Balaban J connectivity index is 1.22. The summed E-state index contributed by atoms with van der Waals surface area (Å²) in [6.45, 7) is 5.91. The minimum atomic E-state index is -0.0303. The molecule has 3 aromatic rings. The fourth-order valence-electron chi connectivity index (χ4n) is 4.44. The summed E-state index contributed by atoms with van der Waals surface area (Å²) < 4.78 is 0. The summed E-state index contributed by atoms with van der Waals surface area (Å²) >= 11 is 0. The second-order valence-corrected chi connectivity index (χ2v) is 8.49. The number of hydrogen-bond donors (Lipinski definition) is 1.